The van der Waals surface area contributed by atoms with Crippen LogP contribution >= 0.6 is 0 Å². The molecule has 1 aliphatic heterocycles. The van der Waals surface area contributed by atoms with Crippen molar-refractivity contribution in [1.82, 2.24) is 19.4 Å². The summed E-state index contributed by atoms with van der Waals surface area (Å²) in [5, 5.41) is 0.348. The lowest BCUT2D eigenvalue weighted by Gasteiger charge is -2.34. The van der Waals surface area contributed by atoms with Gasteiger partial charge in [-0.15, -0.1) is 0 Å². The van der Waals surface area contributed by atoms with Gasteiger partial charge in [-0.2, -0.15) is 0 Å². The van der Waals surface area contributed by atoms with Gasteiger partial charge in [0.2, 0.25) is 5.91 Å². The second-order valence-corrected chi connectivity index (χ2v) is 7.78. The van der Waals surface area contributed by atoms with Crippen LogP contribution < -0.4 is 11.2 Å². The van der Waals surface area contributed by atoms with Crippen molar-refractivity contribution in [1.29, 1.82) is 0 Å². The molecular formula is C23H23FN4O5. The summed E-state index contributed by atoms with van der Waals surface area (Å²) in [6, 6.07) is 10.7. The molecule has 1 saturated heterocycles. The number of halogens is 1. The second kappa shape index (κ2) is 9.37. The van der Waals surface area contributed by atoms with Crippen molar-refractivity contribution in [2.75, 3.05) is 39.9 Å². The highest BCUT2D eigenvalue weighted by Gasteiger charge is 2.29. The van der Waals surface area contributed by atoms with Crippen LogP contribution in [0, 0.1) is 5.82 Å². The minimum atomic E-state index is -0.711. The largest absolute Gasteiger partial charge is 0.383 e. The molecule has 0 atom stereocenters. The van der Waals surface area contributed by atoms with E-state index < -0.39 is 23.0 Å². The number of hydrogen-bond donors (Lipinski definition) is 1. The molecular weight excluding hydrogens is 431 g/mol. The zero-order valence-corrected chi connectivity index (χ0v) is 18.0. The highest BCUT2D eigenvalue weighted by molar-refractivity contribution is 5.97. The van der Waals surface area contributed by atoms with E-state index in [1.807, 2.05) is 0 Å². The Hall–Kier alpha value is -3.79. The molecule has 9 nitrogen and oxygen atoms in total. The Morgan fingerprint density at radius 1 is 1.12 bits per heavy atom. The van der Waals surface area contributed by atoms with Crippen molar-refractivity contribution in [3.63, 3.8) is 0 Å². The molecule has 2 heterocycles. The number of carbonyl (C=O) groups is 2. The summed E-state index contributed by atoms with van der Waals surface area (Å²) >= 11 is 0. The van der Waals surface area contributed by atoms with E-state index in [2.05, 4.69) is 4.98 Å². The fourth-order valence-electron chi connectivity index (χ4n) is 3.91. The fourth-order valence-corrected chi connectivity index (χ4v) is 3.91. The van der Waals surface area contributed by atoms with E-state index >= 15 is 0 Å². The van der Waals surface area contributed by atoms with E-state index in [-0.39, 0.29) is 31.1 Å². The monoisotopic (exact) mass is 454 g/mol. The molecule has 1 fully saturated rings. The first-order chi connectivity index (χ1) is 15.9. The molecule has 2 aromatic carbocycles. The van der Waals surface area contributed by atoms with Crippen LogP contribution in [0.5, 0.6) is 0 Å². The molecule has 10 heteroatoms. The number of hydrogen-bond acceptors (Lipinski definition) is 5. The zero-order valence-electron chi connectivity index (χ0n) is 18.0. The smallest absolute Gasteiger partial charge is 0.329 e. The average Bonchev–Trinajstić information content (AvgIpc) is 2.81. The maximum atomic E-state index is 14.6. The zero-order chi connectivity index (χ0) is 23.5. The number of para-hydroxylation sites is 1. The SMILES string of the molecule is COCCN1CCN(C(=O)c2cc(Cn3c(=O)[nH]c(=O)c4ccccc43)ccc2F)CC1=O. The van der Waals surface area contributed by atoms with Crippen molar-refractivity contribution < 1.29 is 18.7 Å². The van der Waals surface area contributed by atoms with Gasteiger partial charge in [0.25, 0.3) is 11.5 Å². The second-order valence-electron chi connectivity index (χ2n) is 7.78. The normalized spacial score (nSPS) is 14.2. The highest BCUT2D eigenvalue weighted by atomic mass is 19.1. The van der Waals surface area contributed by atoms with Crippen molar-refractivity contribution in [3.05, 3.63) is 80.2 Å². The van der Waals surface area contributed by atoms with Crippen LogP contribution in [0.3, 0.4) is 0 Å². The van der Waals surface area contributed by atoms with Crippen LogP contribution in [0.1, 0.15) is 15.9 Å². The average molecular weight is 454 g/mol. The molecule has 33 heavy (non-hydrogen) atoms. The van der Waals surface area contributed by atoms with Gasteiger partial charge in [-0.1, -0.05) is 18.2 Å². The van der Waals surface area contributed by atoms with Gasteiger partial charge in [0.1, 0.15) is 12.4 Å². The summed E-state index contributed by atoms with van der Waals surface area (Å²) in [6.07, 6.45) is 0. The summed E-state index contributed by atoms with van der Waals surface area (Å²) in [7, 11) is 1.55. The minimum Gasteiger partial charge on any atom is -0.383 e. The molecule has 0 bridgehead atoms. The van der Waals surface area contributed by atoms with Crippen LogP contribution in [-0.2, 0) is 16.1 Å². The van der Waals surface area contributed by atoms with Crippen LogP contribution in [-0.4, -0.2) is 71.1 Å². The quantitative estimate of drug-likeness (QED) is 0.594. The maximum Gasteiger partial charge on any atom is 0.329 e. The number of fused-ring (bicyclic) bond motifs is 1. The van der Waals surface area contributed by atoms with E-state index in [1.54, 1.807) is 36.3 Å². The van der Waals surface area contributed by atoms with Gasteiger partial charge in [0, 0.05) is 26.7 Å². The molecule has 3 aromatic rings. The first-order valence-electron chi connectivity index (χ1n) is 10.5. The number of nitrogens with zero attached hydrogens (tertiary/aromatic N) is 3. The molecule has 1 aliphatic rings. The molecule has 0 aliphatic carbocycles. The lowest BCUT2D eigenvalue weighted by Crippen LogP contribution is -2.53. The third-order valence-electron chi connectivity index (χ3n) is 5.68. The van der Waals surface area contributed by atoms with Crippen molar-refractivity contribution >= 4 is 22.7 Å². The number of amides is 2. The first kappa shape index (κ1) is 22.4. The third kappa shape index (κ3) is 4.56. The Morgan fingerprint density at radius 2 is 1.91 bits per heavy atom. The maximum absolute atomic E-state index is 14.6. The van der Waals surface area contributed by atoms with Gasteiger partial charge in [-0.25, -0.2) is 9.18 Å². The standard InChI is InChI=1S/C23H23FN4O5/c1-33-11-10-26-8-9-27(14-20(26)29)22(31)17-12-15(6-7-18(17)24)13-28-19-5-3-2-4-16(19)21(30)25-23(28)32/h2-7,12H,8-11,13-14H2,1H3,(H,25,30,32). The molecule has 0 saturated carbocycles. The summed E-state index contributed by atoms with van der Waals surface area (Å²) in [4.78, 5) is 55.0. The first-order valence-corrected chi connectivity index (χ1v) is 10.5. The number of aromatic amines is 1. The van der Waals surface area contributed by atoms with Crippen molar-refractivity contribution in [2.45, 2.75) is 6.54 Å². The summed E-state index contributed by atoms with van der Waals surface area (Å²) in [6.45, 7) is 1.34. The predicted molar refractivity (Wildman–Crippen MR) is 119 cm³/mol. The number of nitrogens with one attached hydrogen (secondary N) is 1. The molecule has 2 amide bonds. The summed E-state index contributed by atoms with van der Waals surface area (Å²) in [5.74, 6) is -1.53. The highest BCUT2D eigenvalue weighted by Crippen LogP contribution is 2.17. The number of piperazine rings is 1. The topological polar surface area (TPSA) is 105 Å². The molecule has 1 aromatic heterocycles. The van der Waals surface area contributed by atoms with Crippen LogP contribution in [0.25, 0.3) is 10.9 Å². The van der Waals surface area contributed by atoms with E-state index in [4.69, 9.17) is 4.74 Å². The number of ether oxygens (including phenoxy) is 1. The molecule has 0 unspecified atom stereocenters. The van der Waals surface area contributed by atoms with Crippen LogP contribution in [0.15, 0.2) is 52.1 Å². The van der Waals surface area contributed by atoms with E-state index in [0.29, 0.717) is 36.2 Å². The Kier molecular flexibility index (Phi) is 6.36. The molecule has 172 valence electrons. The molecule has 0 spiro atoms. The Bertz CT molecular complexity index is 1330. The van der Waals surface area contributed by atoms with E-state index in [9.17, 15) is 23.6 Å². The number of aromatic nitrogens is 2. The Morgan fingerprint density at radius 3 is 2.67 bits per heavy atom. The van der Waals surface area contributed by atoms with E-state index in [1.165, 1.54) is 21.6 Å². The molecule has 4 rings (SSSR count). The van der Waals surface area contributed by atoms with Crippen molar-refractivity contribution in [2.24, 2.45) is 0 Å². The Balaban J connectivity index is 1.59. The number of rotatable bonds is 6. The van der Waals surface area contributed by atoms with Gasteiger partial charge in [-0.3, -0.25) is 23.9 Å². The fraction of sp³-hybridized carbons (Fsp3) is 0.304. The number of carbonyl (C=O) groups excluding carboxylic acids is 2. The number of methoxy groups -OCH3 is 1. The lowest BCUT2D eigenvalue weighted by atomic mass is 10.1. The number of H-pyrrole nitrogens is 1. The molecule has 0 radical (unpaired) electrons. The van der Waals surface area contributed by atoms with Crippen LogP contribution in [0.2, 0.25) is 0 Å². The molecule has 1 N–H and O–H groups in total. The van der Waals surface area contributed by atoms with Gasteiger partial charge in [0.05, 0.1) is 29.6 Å². The predicted octanol–water partition coefficient (Wildman–Crippen LogP) is 0.808. The van der Waals surface area contributed by atoms with Gasteiger partial charge < -0.3 is 14.5 Å². The number of benzene rings is 2. The summed E-state index contributed by atoms with van der Waals surface area (Å²) < 4.78 is 20.9. The van der Waals surface area contributed by atoms with E-state index in [0.717, 1.165) is 6.07 Å². The lowest BCUT2D eigenvalue weighted by molar-refractivity contribution is -0.135. The Labute approximate surface area is 188 Å². The summed E-state index contributed by atoms with van der Waals surface area (Å²) in [5.41, 5.74) is -0.331. The van der Waals surface area contributed by atoms with Crippen molar-refractivity contribution in [3.8, 4) is 0 Å². The third-order valence-corrected chi connectivity index (χ3v) is 5.68. The van der Waals surface area contributed by atoms with Gasteiger partial charge in [0.15, 0.2) is 0 Å². The minimum absolute atomic E-state index is 0.0282. The van der Waals surface area contributed by atoms with Gasteiger partial charge >= 0.3 is 5.69 Å². The van der Waals surface area contributed by atoms with Gasteiger partial charge in [-0.05, 0) is 29.8 Å². The van der Waals surface area contributed by atoms with Crippen LogP contribution in [0.4, 0.5) is 4.39 Å².